The van der Waals surface area contributed by atoms with Crippen molar-refractivity contribution < 1.29 is 14.3 Å². The summed E-state index contributed by atoms with van der Waals surface area (Å²) in [6, 6.07) is -1.11. The molecule has 1 fully saturated rings. The Hall–Kier alpha value is -1.63. The van der Waals surface area contributed by atoms with Crippen LogP contribution in [0.2, 0.25) is 0 Å². The topological polar surface area (TPSA) is 80.3 Å². The number of carbonyl (C=O) groups is 2. The van der Waals surface area contributed by atoms with Gasteiger partial charge in [0.2, 0.25) is 0 Å². The lowest BCUT2D eigenvalue weighted by atomic mass is 10.3. The van der Waals surface area contributed by atoms with Crippen LogP contribution in [0.4, 0.5) is 4.79 Å². The average Bonchev–Trinajstić information content (AvgIpc) is 2.71. The van der Waals surface area contributed by atoms with Gasteiger partial charge in [-0.1, -0.05) is 11.3 Å². The predicted octanol–water partition coefficient (Wildman–Crippen LogP) is 0.0322. The van der Waals surface area contributed by atoms with Crippen molar-refractivity contribution in [1.82, 2.24) is 15.6 Å². The van der Waals surface area contributed by atoms with E-state index in [9.17, 15) is 9.59 Å². The lowest BCUT2D eigenvalue weighted by Crippen LogP contribution is -2.22. The fourth-order valence-electron chi connectivity index (χ4n) is 1.11. The number of nitrogens with one attached hydrogen (secondary N) is 2. The first kappa shape index (κ1) is 8.95. The third-order valence-electron chi connectivity index (χ3n) is 1.74. The summed E-state index contributed by atoms with van der Waals surface area (Å²) in [5.74, 6) is -0.360. The van der Waals surface area contributed by atoms with E-state index >= 15 is 0 Å². The number of aromatic nitrogens is 1. The van der Waals surface area contributed by atoms with E-state index in [1.807, 2.05) is 0 Å². The molecular formula is C7H7N3O3S. The summed E-state index contributed by atoms with van der Waals surface area (Å²) >= 11 is 1.23. The maximum atomic E-state index is 11.2. The fourth-order valence-corrected chi connectivity index (χ4v) is 1.89. The molecule has 2 heterocycles. The second-order valence-electron chi connectivity index (χ2n) is 2.63. The maximum Gasteiger partial charge on any atom is 0.322 e. The number of imide groups is 1. The molecule has 1 saturated heterocycles. The minimum absolute atomic E-state index is 0.360. The van der Waals surface area contributed by atoms with E-state index in [0.717, 1.165) is 0 Å². The Balaban J connectivity index is 2.22. The zero-order valence-electron chi connectivity index (χ0n) is 7.23. The summed E-state index contributed by atoms with van der Waals surface area (Å²) in [5.41, 5.74) is 0. The van der Waals surface area contributed by atoms with Crippen LogP contribution in [0, 0.1) is 0 Å². The van der Waals surface area contributed by atoms with E-state index in [4.69, 9.17) is 4.74 Å². The Morgan fingerprint density at radius 3 is 2.86 bits per heavy atom. The highest BCUT2D eigenvalue weighted by Gasteiger charge is 2.32. The number of thiazole rings is 1. The quantitative estimate of drug-likeness (QED) is 0.679. The van der Waals surface area contributed by atoms with Crippen LogP contribution in [-0.4, -0.2) is 24.0 Å². The van der Waals surface area contributed by atoms with Gasteiger partial charge in [0, 0.05) is 6.20 Å². The Bertz CT molecular complexity index is 389. The Morgan fingerprint density at radius 2 is 2.36 bits per heavy atom. The molecule has 74 valence electrons. The van der Waals surface area contributed by atoms with Gasteiger partial charge in [0.05, 0.1) is 12.0 Å². The van der Waals surface area contributed by atoms with Crippen molar-refractivity contribution in [2.75, 3.05) is 7.11 Å². The first-order chi connectivity index (χ1) is 6.70. The van der Waals surface area contributed by atoms with Gasteiger partial charge in [0.1, 0.15) is 6.04 Å². The SMILES string of the molecule is COc1ncc(C2NC(=O)NC2=O)s1. The van der Waals surface area contributed by atoms with Crippen molar-refractivity contribution in [3.8, 4) is 5.19 Å². The number of carbonyl (C=O) groups excluding carboxylic acids is 2. The number of hydrogen-bond donors (Lipinski definition) is 2. The van der Waals surface area contributed by atoms with E-state index < -0.39 is 12.1 Å². The van der Waals surface area contributed by atoms with Gasteiger partial charge < -0.3 is 10.1 Å². The van der Waals surface area contributed by atoms with Gasteiger partial charge in [0.25, 0.3) is 11.1 Å². The van der Waals surface area contributed by atoms with E-state index in [1.165, 1.54) is 24.6 Å². The summed E-state index contributed by atoms with van der Waals surface area (Å²) in [6.45, 7) is 0. The highest BCUT2D eigenvalue weighted by Crippen LogP contribution is 2.27. The van der Waals surface area contributed by atoms with Gasteiger partial charge in [-0.15, -0.1) is 0 Å². The molecule has 1 unspecified atom stereocenters. The highest BCUT2D eigenvalue weighted by atomic mass is 32.1. The summed E-state index contributed by atoms with van der Waals surface area (Å²) in [5, 5.41) is 5.08. The summed E-state index contributed by atoms with van der Waals surface area (Å²) in [4.78, 5) is 26.6. The van der Waals surface area contributed by atoms with Crippen molar-refractivity contribution >= 4 is 23.3 Å². The lowest BCUT2D eigenvalue weighted by molar-refractivity contribution is -0.120. The van der Waals surface area contributed by atoms with Gasteiger partial charge in [-0.3, -0.25) is 10.1 Å². The van der Waals surface area contributed by atoms with E-state index in [0.29, 0.717) is 10.1 Å². The zero-order valence-corrected chi connectivity index (χ0v) is 8.05. The van der Waals surface area contributed by atoms with Crippen molar-refractivity contribution in [3.63, 3.8) is 0 Å². The minimum atomic E-state index is -0.635. The number of methoxy groups -OCH3 is 1. The highest BCUT2D eigenvalue weighted by molar-refractivity contribution is 7.13. The summed E-state index contributed by atoms with van der Waals surface area (Å²) in [7, 11) is 1.50. The van der Waals surface area contributed by atoms with E-state index in [-0.39, 0.29) is 5.91 Å². The van der Waals surface area contributed by atoms with Crippen molar-refractivity contribution in [2.45, 2.75) is 6.04 Å². The summed E-state index contributed by atoms with van der Waals surface area (Å²) < 4.78 is 4.88. The van der Waals surface area contributed by atoms with Crippen molar-refractivity contribution in [1.29, 1.82) is 0 Å². The molecule has 6 nitrogen and oxygen atoms in total. The Morgan fingerprint density at radius 1 is 1.57 bits per heavy atom. The first-order valence-electron chi connectivity index (χ1n) is 3.82. The van der Waals surface area contributed by atoms with Gasteiger partial charge in [-0.05, 0) is 0 Å². The van der Waals surface area contributed by atoms with Gasteiger partial charge in [0.15, 0.2) is 0 Å². The van der Waals surface area contributed by atoms with E-state index in [1.54, 1.807) is 0 Å². The molecule has 2 rings (SSSR count). The smallest absolute Gasteiger partial charge is 0.322 e. The van der Waals surface area contributed by atoms with Crippen LogP contribution in [0.1, 0.15) is 10.9 Å². The molecule has 1 aliphatic heterocycles. The van der Waals surface area contributed by atoms with Gasteiger partial charge >= 0.3 is 6.03 Å². The second kappa shape index (κ2) is 3.26. The Kier molecular flexibility index (Phi) is 2.08. The predicted molar refractivity (Wildman–Crippen MR) is 48.1 cm³/mol. The number of hydrogen-bond acceptors (Lipinski definition) is 5. The molecule has 14 heavy (non-hydrogen) atoms. The molecule has 2 N–H and O–H groups in total. The number of rotatable bonds is 2. The number of nitrogens with zero attached hydrogens (tertiary/aromatic N) is 1. The van der Waals surface area contributed by atoms with Crippen LogP contribution in [-0.2, 0) is 4.79 Å². The molecule has 0 aliphatic carbocycles. The normalized spacial score (nSPS) is 20.5. The first-order valence-corrected chi connectivity index (χ1v) is 4.63. The fraction of sp³-hybridized carbons (Fsp3) is 0.286. The molecule has 3 amide bonds. The summed E-state index contributed by atoms with van der Waals surface area (Å²) in [6.07, 6.45) is 1.51. The largest absolute Gasteiger partial charge is 0.473 e. The lowest BCUT2D eigenvalue weighted by Gasteiger charge is -2.00. The second-order valence-corrected chi connectivity index (χ2v) is 3.65. The molecule has 1 atom stereocenters. The van der Waals surface area contributed by atoms with Crippen LogP contribution >= 0.6 is 11.3 Å². The molecule has 0 saturated carbocycles. The van der Waals surface area contributed by atoms with Gasteiger partial charge in [-0.25, -0.2) is 9.78 Å². The number of amides is 3. The molecule has 0 radical (unpaired) electrons. The maximum absolute atomic E-state index is 11.2. The average molecular weight is 213 g/mol. The van der Waals surface area contributed by atoms with Crippen molar-refractivity contribution in [3.05, 3.63) is 11.1 Å². The number of urea groups is 1. The molecule has 0 spiro atoms. The zero-order chi connectivity index (χ0) is 10.1. The molecule has 0 bridgehead atoms. The molecule has 7 heteroatoms. The minimum Gasteiger partial charge on any atom is -0.473 e. The van der Waals surface area contributed by atoms with Crippen LogP contribution < -0.4 is 15.4 Å². The van der Waals surface area contributed by atoms with Crippen LogP contribution in [0.15, 0.2) is 6.20 Å². The van der Waals surface area contributed by atoms with E-state index in [2.05, 4.69) is 15.6 Å². The Labute approximate surface area is 83.3 Å². The van der Waals surface area contributed by atoms with Crippen LogP contribution in [0.3, 0.4) is 0 Å². The van der Waals surface area contributed by atoms with Crippen molar-refractivity contribution in [2.24, 2.45) is 0 Å². The van der Waals surface area contributed by atoms with Crippen LogP contribution in [0.25, 0.3) is 0 Å². The molecule has 1 aromatic heterocycles. The monoisotopic (exact) mass is 213 g/mol. The third-order valence-corrected chi connectivity index (χ3v) is 2.76. The van der Waals surface area contributed by atoms with Gasteiger partial charge in [-0.2, -0.15) is 0 Å². The van der Waals surface area contributed by atoms with Crippen LogP contribution in [0.5, 0.6) is 5.19 Å². The molecule has 1 aromatic rings. The molecule has 0 aromatic carbocycles. The molecular weight excluding hydrogens is 206 g/mol. The number of ether oxygens (including phenoxy) is 1. The third kappa shape index (κ3) is 1.41. The standard InChI is InChI=1S/C7H7N3O3S/c1-13-7-8-2-3(14-7)4-5(11)10-6(12)9-4/h2,4H,1H3,(H2,9,10,11,12). The molecule has 1 aliphatic rings.